The number of allylic oxidation sites excluding steroid dienone is 16. The summed E-state index contributed by atoms with van der Waals surface area (Å²) in [6.45, 7) is 10.1. The van der Waals surface area contributed by atoms with Gasteiger partial charge in [0, 0.05) is 19.5 Å². The summed E-state index contributed by atoms with van der Waals surface area (Å²) in [6, 6.07) is -0.524. The van der Waals surface area contributed by atoms with Crippen LogP contribution in [0.1, 0.15) is 374 Å². The van der Waals surface area contributed by atoms with E-state index in [2.05, 4.69) is 125 Å². The minimum absolute atomic E-state index is 0.0656. The van der Waals surface area contributed by atoms with Crippen LogP contribution in [0, 0.1) is 0 Å². The maximum Gasteiger partial charge on any atom is 0.323 e. The molecule has 0 aliphatic rings. The van der Waals surface area contributed by atoms with E-state index in [0.29, 0.717) is 19.5 Å². The van der Waals surface area contributed by atoms with Crippen LogP contribution in [0.3, 0.4) is 0 Å². The third-order valence-corrected chi connectivity index (χ3v) is 17.4. The van der Waals surface area contributed by atoms with Crippen molar-refractivity contribution >= 4 is 11.9 Å². The van der Waals surface area contributed by atoms with Crippen LogP contribution < -0.4 is 5.73 Å². The first kappa shape index (κ1) is 84.8. The highest BCUT2D eigenvalue weighted by molar-refractivity contribution is 5.77. The Labute approximate surface area is 548 Å². The molecule has 0 saturated carbocycles. The molecule has 2 N–H and O–H groups in total. The van der Waals surface area contributed by atoms with E-state index in [1.807, 2.05) is 11.9 Å². The summed E-state index contributed by atoms with van der Waals surface area (Å²) >= 11 is 0. The SMILES string of the molecule is CCCCC/C=C/C/C=C/CCCCCCCCC(CCCCCCCC/C=C/C/C=C/CCCCC)OC(=O)CCC(C(=O)OC(CCCCCCCC/C=C/C/C=C/CCCCC)CCCCCCCC/C=C/C/C=C/CCCCC)N(C)CCN. The van der Waals surface area contributed by atoms with Crippen LogP contribution in [0.15, 0.2) is 97.2 Å². The molecule has 0 aromatic rings. The van der Waals surface area contributed by atoms with E-state index in [4.69, 9.17) is 15.2 Å². The molecular weight excluding hydrogens is 1080 g/mol. The average Bonchev–Trinajstić information content (AvgIpc) is 3.71. The van der Waals surface area contributed by atoms with Gasteiger partial charge in [0.15, 0.2) is 0 Å². The molecule has 0 aromatic heterocycles. The molecule has 0 aromatic carbocycles. The van der Waals surface area contributed by atoms with Gasteiger partial charge in [-0.2, -0.15) is 0 Å². The Hall–Kier alpha value is -3.22. The van der Waals surface area contributed by atoms with Gasteiger partial charge in [0.05, 0.1) is 0 Å². The lowest BCUT2D eigenvalue weighted by Gasteiger charge is -2.28. The second-order valence-corrected chi connectivity index (χ2v) is 26.0. The number of hydrogen-bond donors (Lipinski definition) is 1. The lowest BCUT2D eigenvalue weighted by molar-refractivity contribution is -0.157. The maximum atomic E-state index is 14.3. The van der Waals surface area contributed by atoms with Crippen LogP contribution in [0.2, 0.25) is 0 Å². The number of hydrogen-bond acceptors (Lipinski definition) is 6. The summed E-state index contributed by atoms with van der Waals surface area (Å²) in [7, 11) is 1.96. The summed E-state index contributed by atoms with van der Waals surface area (Å²) in [6.07, 6.45) is 100. The van der Waals surface area contributed by atoms with E-state index in [-0.39, 0.29) is 30.6 Å². The Morgan fingerprint density at radius 2 is 0.557 bits per heavy atom. The fourth-order valence-corrected chi connectivity index (χ4v) is 11.6. The number of nitrogens with zero attached hydrogens (tertiary/aromatic N) is 1. The van der Waals surface area contributed by atoms with Crippen molar-refractivity contribution in [1.82, 2.24) is 4.90 Å². The van der Waals surface area contributed by atoms with Crippen LogP contribution in [0.25, 0.3) is 0 Å². The third-order valence-electron chi connectivity index (χ3n) is 17.4. The van der Waals surface area contributed by atoms with Crippen LogP contribution in [-0.2, 0) is 19.1 Å². The van der Waals surface area contributed by atoms with Gasteiger partial charge in [0.2, 0.25) is 0 Å². The van der Waals surface area contributed by atoms with Crippen LogP contribution >= 0.6 is 0 Å². The van der Waals surface area contributed by atoms with E-state index in [0.717, 1.165) is 77.0 Å². The lowest BCUT2D eigenvalue weighted by Crippen LogP contribution is -2.43. The highest BCUT2D eigenvalue weighted by Crippen LogP contribution is 2.23. The van der Waals surface area contributed by atoms with Gasteiger partial charge in [0.25, 0.3) is 0 Å². The predicted octanol–water partition coefficient (Wildman–Crippen LogP) is 25.7. The Morgan fingerprint density at radius 1 is 0.318 bits per heavy atom. The van der Waals surface area contributed by atoms with E-state index in [9.17, 15) is 9.59 Å². The fourth-order valence-electron chi connectivity index (χ4n) is 11.6. The van der Waals surface area contributed by atoms with E-state index in [1.165, 1.54) is 257 Å². The van der Waals surface area contributed by atoms with Gasteiger partial charge < -0.3 is 15.2 Å². The van der Waals surface area contributed by atoms with Gasteiger partial charge in [-0.15, -0.1) is 0 Å². The minimum Gasteiger partial charge on any atom is -0.462 e. The third kappa shape index (κ3) is 64.3. The highest BCUT2D eigenvalue weighted by atomic mass is 16.5. The van der Waals surface area contributed by atoms with Crippen molar-refractivity contribution in [2.45, 2.75) is 393 Å². The molecule has 0 fully saturated rings. The molecule has 0 amide bonds. The van der Waals surface area contributed by atoms with Gasteiger partial charge in [-0.25, -0.2) is 0 Å². The molecule has 510 valence electrons. The van der Waals surface area contributed by atoms with Crippen molar-refractivity contribution < 1.29 is 19.1 Å². The molecule has 0 heterocycles. The molecule has 1 atom stereocenters. The first-order valence-electron chi connectivity index (χ1n) is 38.4. The number of carbonyl (C=O) groups excluding carboxylic acids is 2. The Kier molecular flexibility index (Phi) is 70.2. The van der Waals surface area contributed by atoms with Gasteiger partial charge >= 0.3 is 11.9 Å². The van der Waals surface area contributed by atoms with Gasteiger partial charge in [-0.05, 0) is 193 Å². The van der Waals surface area contributed by atoms with Crippen LogP contribution in [0.4, 0.5) is 0 Å². The zero-order valence-corrected chi connectivity index (χ0v) is 59.2. The number of nitrogens with two attached hydrogens (primary N) is 1. The van der Waals surface area contributed by atoms with Crippen molar-refractivity contribution in [3.8, 4) is 0 Å². The van der Waals surface area contributed by atoms with Crippen molar-refractivity contribution in [2.24, 2.45) is 5.73 Å². The Morgan fingerprint density at radius 3 is 0.818 bits per heavy atom. The largest absolute Gasteiger partial charge is 0.462 e. The standard InChI is InChI=1S/C82H148N2O4/c1-6-10-14-18-22-26-30-34-38-42-46-50-54-58-62-66-70-78(71-67-63-59-55-51-47-43-39-35-31-27-23-19-15-11-7-2)87-81(85)75-74-80(84(5)77-76-83)82(86)88-79(72-68-64-60-56-52-48-44-40-36-32-28-24-20-16-12-8-3)73-69-65-61-57-53-49-45-41-37-33-29-25-21-17-13-9-4/h22-29,34-41,78-80H,6-21,30-33,42-77,83H2,1-5H3/b26-22+,27-23+,28-24+,29-25+,38-34+,39-35+,40-36+,41-37+. The first-order chi connectivity index (χ1) is 43.4. The minimum atomic E-state index is -0.524. The number of likely N-dealkylation sites (N-methyl/N-ethyl adjacent to an activating group) is 1. The number of esters is 2. The van der Waals surface area contributed by atoms with E-state index < -0.39 is 6.04 Å². The number of ether oxygens (including phenoxy) is 2. The molecule has 0 saturated heterocycles. The van der Waals surface area contributed by atoms with Crippen LogP contribution in [0.5, 0.6) is 0 Å². The number of rotatable bonds is 69. The van der Waals surface area contributed by atoms with Crippen molar-refractivity contribution in [2.75, 3.05) is 20.1 Å². The summed E-state index contributed by atoms with van der Waals surface area (Å²) in [5.74, 6) is -0.378. The lowest BCUT2D eigenvalue weighted by atomic mass is 10.0. The molecule has 0 bridgehead atoms. The maximum absolute atomic E-state index is 14.3. The number of unbranched alkanes of at least 4 members (excludes halogenated alkanes) is 36. The summed E-state index contributed by atoms with van der Waals surface area (Å²) < 4.78 is 12.9. The van der Waals surface area contributed by atoms with Crippen molar-refractivity contribution in [3.63, 3.8) is 0 Å². The summed E-state index contributed by atoms with van der Waals surface area (Å²) in [5.41, 5.74) is 6.10. The zero-order chi connectivity index (χ0) is 63.8. The molecular formula is C82H148N2O4. The van der Waals surface area contributed by atoms with Crippen molar-refractivity contribution in [3.05, 3.63) is 97.2 Å². The van der Waals surface area contributed by atoms with Crippen LogP contribution in [-0.4, -0.2) is 55.2 Å². The monoisotopic (exact) mass is 1230 g/mol. The Balaban J connectivity index is 5.47. The van der Waals surface area contributed by atoms with E-state index >= 15 is 0 Å². The van der Waals surface area contributed by atoms with E-state index in [1.54, 1.807) is 0 Å². The topological polar surface area (TPSA) is 81.9 Å². The first-order valence-corrected chi connectivity index (χ1v) is 38.4. The zero-order valence-electron chi connectivity index (χ0n) is 59.2. The second kappa shape index (κ2) is 72.8. The van der Waals surface area contributed by atoms with Crippen molar-refractivity contribution in [1.29, 1.82) is 0 Å². The molecule has 88 heavy (non-hydrogen) atoms. The Bertz CT molecular complexity index is 1590. The smallest absolute Gasteiger partial charge is 0.323 e. The molecule has 0 aliphatic heterocycles. The molecule has 6 nitrogen and oxygen atoms in total. The molecule has 0 spiro atoms. The second-order valence-electron chi connectivity index (χ2n) is 26.0. The molecule has 6 heteroatoms. The predicted molar refractivity (Wildman–Crippen MR) is 390 cm³/mol. The fraction of sp³-hybridized carbons (Fsp3) is 0.780. The van der Waals surface area contributed by atoms with Gasteiger partial charge in [-0.3, -0.25) is 14.5 Å². The average molecular weight is 1230 g/mol. The molecule has 0 radical (unpaired) electrons. The quantitative estimate of drug-likeness (QED) is 0.0371. The highest BCUT2D eigenvalue weighted by Gasteiger charge is 2.28. The summed E-state index contributed by atoms with van der Waals surface area (Å²) in [4.78, 5) is 30.2. The molecule has 0 aliphatic carbocycles. The van der Waals surface area contributed by atoms with Gasteiger partial charge in [0.1, 0.15) is 18.2 Å². The number of carbonyl (C=O) groups is 2. The molecule has 1 unspecified atom stereocenters. The normalized spacial score (nSPS) is 12.9. The summed E-state index contributed by atoms with van der Waals surface area (Å²) in [5, 5.41) is 0. The van der Waals surface area contributed by atoms with Gasteiger partial charge in [-0.1, -0.05) is 279 Å². The molecule has 0 rings (SSSR count).